The van der Waals surface area contributed by atoms with E-state index in [-0.39, 0.29) is 0 Å². The number of aromatic nitrogens is 1. The molecule has 0 atom stereocenters. The van der Waals surface area contributed by atoms with Crippen LogP contribution < -0.4 is 10.6 Å². The number of aryl methyl sites for hydroxylation is 1. The van der Waals surface area contributed by atoms with Gasteiger partial charge in [-0.15, -0.1) is 0 Å². The standard InChI is InChI=1S/C15H26N4/c1-12-14(10-16)4-5-15(17-12)19-8-6-13(7-9-19)11-18(2)3/h4-5,13H,6-11,16H2,1-3H3. The van der Waals surface area contributed by atoms with Gasteiger partial charge in [0.25, 0.3) is 0 Å². The van der Waals surface area contributed by atoms with Gasteiger partial charge in [0.15, 0.2) is 0 Å². The van der Waals surface area contributed by atoms with E-state index in [0.29, 0.717) is 6.54 Å². The fourth-order valence-electron chi connectivity index (χ4n) is 2.83. The van der Waals surface area contributed by atoms with Crippen LogP contribution >= 0.6 is 0 Å². The third kappa shape index (κ3) is 3.67. The summed E-state index contributed by atoms with van der Waals surface area (Å²) >= 11 is 0. The van der Waals surface area contributed by atoms with E-state index in [1.807, 2.05) is 6.92 Å². The van der Waals surface area contributed by atoms with Crippen molar-refractivity contribution in [1.82, 2.24) is 9.88 Å². The lowest BCUT2D eigenvalue weighted by Crippen LogP contribution is -2.37. The molecule has 1 saturated heterocycles. The van der Waals surface area contributed by atoms with Gasteiger partial charge in [0.2, 0.25) is 0 Å². The van der Waals surface area contributed by atoms with Crippen molar-refractivity contribution in [3.05, 3.63) is 23.4 Å². The van der Waals surface area contributed by atoms with Crippen molar-refractivity contribution in [2.24, 2.45) is 11.7 Å². The van der Waals surface area contributed by atoms with Gasteiger partial charge in [0.1, 0.15) is 5.82 Å². The van der Waals surface area contributed by atoms with Crippen LogP contribution in [0.25, 0.3) is 0 Å². The molecule has 1 aliphatic rings. The number of piperidine rings is 1. The van der Waals surface area contributed by atoms with E-state index in [1.165, 1.54) is 19.4 Å². The molecule has 106 valence electrons. The molecule has 1 aliphatic heterocycles. The van der Waals surface area contributed by atoms with Gasteiger partial charge in [-0.2, -0.15) is 0 Å². The minimum absolute atomic E-state index is 0.573. The van der Waals surface area contributed by atoms with Crippen LogP contribution in [-0.2, 0) is 6.54 Å². The summed E-state index contributed by atoms with van der Waals surface area (Å²) in [4.78, 5) is 9.38. The highest BCUT2D eigenvalue weighted by Gasteiger charge is 2.20. The summed E-state index contributed by atoms with van der Waals surface area (Å²) in [7, 11) is 4.31. The average Bonchev–Trinajstić information content (AvgIpc) is 2.39. The first kappa shape index (κ1) is 14.3. The van der Waals surface area contributed by atoms with Crippen LogP contribution in [0, 0.1) is 12.8 Å². The van der Waals surface area contributed by atoms with Crippen LogP contribution in [0.1, 0.15) is 24.1 Å². The maximum absolute atomic E-state index is 5.69. The molecule has 4 heteroatoms. The summed E-state index contributed by atoms with van der Waals surface area (Å²) in [5.74, 6) is 1.94. The Balaban J connectivity index is 1.96. The number of anilines is 1. The van der Waals surface area contributed by atoms with Crippen LogP contribution in [0.4, 0.5) is 5.82 Å². The van der Waals surface area contributed by atoms with E-state index >= 15 is 0 Å². The summed E-state index contributed by atoms with van der Waals surface area (Å²) in [6.45, 7) is 6.06. The number of nitrogens with two attached hydrogens (primary N) is 1. The molecule has 2 N–H and O–H groups in total. The number of hydrogen-bond donors (Lipinski definition) is 1. The van der Waals surface area contributed by atoms with E-state index < -0.39 is 0 Å². The highest BCUT2D eigenvalue weighted by Crippen LogP contribution is 2.23. The summed E-state index contributed by atoms with van der Waals surface area (Å²) in [6.07, 6.45) is 2.52. The van der Waals surface area contributed by atoms with Crippen LogP contribution in [0.5, 0.6) is 0 Å². The average molecular weight is 262 g/mol. The van der Waals surface area contributed by atoms with Crippen molar-refractivity contribution in [2.75, 3.05) is 38.6 Å². The normalized spacial score (nSPS) is 17.2. The van der Waals surface area contributed by atoms with Crippen molar-refractivity contribution >= 4 is 5.82 Å². The van der Waals surface area contributed by atoms with E-state index in [1.54, 1.807) is 0 Å². The Bertz CT molecular complexity index is 409. The van der Waals surface area contributed by atoms with Crippen molar-refractivity contribution in [3.63, 3.8) is 0 Å². The van der Waals surface area contributed by atoms with E-state index in [2.05, 4.69) is 41.0 Å². The smallest absolute Gasteiger partial charge is 0.128 e. The van der Waals surface area contributed by atoms with Gasteiger partial charge in [-0.05, 0) is 51.4 Å². The molecular weight excluding hydrogens is 236 g/mol. The summed E-state index contributed by atoms with van der Waals surface area (Å²) in [5, 5.41) is 0. The third-order valence-electron chi connectivity index (χ3n) is 3.96. The van der Waals surface area contributed by atoms with Crippen molar-refractivity contribution in [1.29, 1.82) is 0 Å². The Kier molecular flexibility index (Phi) is 4.77. The molecule has 2 heterocycles. The molecule has 4 nitrogen and oxygen atoms in total. The minimum Gasteiger partial charge on any atom is -0.357 e. The maximum atomic E-state index is 5.69. The topological polar surface area (TPSA) is 45.4 Å². The second-order valence-electron chi connectivity index (χ2n) is 5.81. The molecule has 2 rings (SSSR count). The SMILES string of the molecule is Cc1nc(N2CCC(CN(C)C)CC2)ccc1CN. The predicted molar refractivity (Wildman–Crippen MR) is 80.4 cm³/mol. The number of hydrogen-bond acceptors (Lipinski definition) is 4. The molecule has 0 aliphatic carbocycles. The monoisotopic (exact) mass is 262 g/mol. The highest BCUT2D eigenvalue weighted by atomic mass is 15.2. The maximum Gasteiger partial charge on any atom is 0.128 e. The summed E-state index contributed by atoms with van der Waals surface area (Å²) in [6, 6.07) is 4.23. The fourth-order valence-corrected chi connectivity index (χ4v) is 2.83. The minimum atomic E-state index is 0.573. The lowest BCUT2D eigenvalue weighted by molar-refractivity contribution is 0.284. The largest absolute Gasteiger partial charge is 0.357 e. The van der Waals surface area contributed by atoms with Gasteiger partial charge in [-0.1, -0.05) is 6.07 Å². The van der Waals surface area contributed by atoms with Crippen LogP contribution in [0.15, 0.2) is 12.1 Å². The van der Waals surface area contributed by atoms with Gasteiger partial charge < -0.3 is 15.5 Å². The summed E-state index contributed by atoms with van der Waals surface area (Å²) < 4.78 is 0. The zero-order valence-electron chi connectivity index (χ0n) is 12.4. The van der Waals surface area contributed by atoms with E-state index in [0.717, 1.165) is 36.1 Å². The molecule has 0 bridgehead atoms. The highest BCUT2D eigenvalue weighted by molar-refractivity contribution is 5.42. The Morgan fingerprint density at radius 2 is 2.00 bits per heavy atom. The first-order valence-corrected chi connectivity index (χ1v) is 7.16. The Hall–Kier alpha value is -1.13. The molecule has 0 saturated carbocycles. The first-order chi connectivity index (χ1) is 9.10. The van der Waals surface area contributed by atoms with Crippen LogP contribution in [0.3, 0.4) is 0 Å². The molecule has 0 unspecified atom stereocenters. The second kappa shape index (κ2) is 6.35. The molecule has 1 aromatic heterocycles. The molecule has 0 amide bonds. The Labute approximate surface area is 116 Å². The zero-order valence-corrected chi connectivity index (χ0v) is 12.4. The molecule has 19 heavy (non-hydrogen) atoms. The Morgan fingerprint density at radius 1 is 1.32 bits per heavy atom. The second-order valence-corrected chi connectivity index (χ2v) is 5.81. The predicted octanol–water partition coefficient (Wildman–Crippen LogP) is 1.63. The molecule has 0 spiro atoms. The Morgan fingerprint density at radius 3 is 2.53 bits per heavy atom. The quantitative estimate of drug-likeness (QED) is 0.896. The molecule has 1 aromatic rings. The van der Waals surface area contributed by atoms with Gasteiger partial charge in [-0.25, -0.2) is 4.98 Å². The fraction of sp³-hybridized carbons (Fsp3) is 0.667. The van der Waals surface area contributed by atoms with E-state index in [9.17, 15) is 0 Å². The molecule has 0 aromatic carbocycles. The van der Waals surface area contributed by atoms with Gasteiger partial charge in [0, 0.05) is 31.9 Å². The molecule has 1 fully saturated rings. The first-order valence-electron chi connectivity index (χ1n) is 7.16. The summed E-state index contributed by atoms with van der Waals surface area (Å²) in [5.41, 5.74) is 7.90. The number of rotatable bonds is 4. The van der Waals surface area contributed by atoms with Crippen molar-refractivity contribution in [3.8, 4) is 0 Å². The third-order valence-corrected chi connectivity index (χ3v) is 3.96. The number of nitrogens with zero attached hydrogens (tertiary/aromatic N) is 3. The van der Waals surface area contributed by atoms with Gasteiger partial charge in [0.05, 0.1) is 0 Å². The molecular formula is C15H26N4. The van der Waals surface area contributed by atoms with Gasteiger partial charge in [-0.3, -0.25) is 0 Å². The van der Waals surface area contributed by atoms with Crippen LogP contribution in [-0.4, -0.2) is 43.6 Å². The lowest BCUT2D eigenvalue weighted by atomic mass is 9.96. The van der Waals surface area contributed by atoms with Gasteiger partial charge >= 0.3 is 0 Å². The van der Waals surface area contributed by atoms with Crippen molar-refractivity contribution < 1.29 is 0 Å². The number of pyridine rings is 1. The van der Waals surface area contributed by atoms with Crippen LogP contribution in [0.2, 0.25) is 0 Å². The lowest BCUT2D eigenvalue weighted by Gasteiger charge is -2.34. The van der Waals surface area contributed by atoms with E-state index in [4.69, 9.17) is 5.73 Å². The van der Waals surface area contributed by atoms with Crippen molar-refractivity contribution in [2.45, 2.75) is 26.3 Å². The molecule has 0 radical (unpaired) electrons. The zero-order chi connectivity index (χ0) is 13.8.